The first kappa shape index (κ1) is 16.1. The van der Waals surface area contributed by atoms with Crippen molar-refractivity contribution in [2.45, 2.75) is 13.1 Å². The predicted octanol–water partition coefficient (Wildman–Crippen LogP) is 5.37. The van der Waals surface area contributed by atoms with Crippen molar-refractivity contribution in [3.63, 3.8) is 0 Å². The molecule has 0 bridgehead atoms. The third-order valence-electron chi connectivity index (χ3n) is 2.97. The number of halogens is 2. The summed E-state index contributed by atoms with van der Waals surface area (Å²) in [5.74, 6) is 1.81. The Balaban J connectivity index is 0.00000161. The van der Waals surface area contributed by atoms with E-state index in [-0.39, 0.29) is 12.4 Å². The summed E-state index contributed by atoms with van der Waals surface area (Å²) in [5, 5.41) is 6.19. The number of thiophene rings is 1. The summed E-state index contributed by atoms with van der Waals surface area (Å²) in [6.07, 6.45) is 0. The van der Waals surface area contributed by atoms with Crippen LogP contribution in [0, 0.1) is 0 Å². The van der Waals surface area contributed by atoms with Gasteiger partial charge in [0.2, 0.25) is 0 Å². The molecule has 0 aliphatic carbocycles. The molecular weight excluding hydrogens is 325 g/mol. The fourth-order valence-electron chi connectivity index (χ4n) is 1.96. The maximum absolute atomic E-state index is 5.88. The van der Waals surface area contributed by atoms with Gasteiger partial charge in [-0.15, -0.1) is 23.7 Å². The van der Waals surface area contributed by atoms with Crippen LogP contribution < -0.4 is 5.32 Å². The molecule has 2 heterocycles. The first-order valence-corrected chi connectivity index (χ1v) is 7.65. The lowest BCUT2D eigenvalue weighted by Gasteiger charge is -2.00. The lowest BCUT2D eigenvalue weighted by molar-refractivity contribution is 0.494. The predicted molar refractivity (Wildman–Crippen MR) is 91.3 cm³/mol. The molecular formula is C16H15Cl2NOS. The molecule has 0 spiro atoms. The zero-order valence-corrected chi connectivity index (χ0v) is 13.6. The van der Waals surface area contributed by atoms with Crippen LogP contribution in [0.15, 0.2) is 58.3 Å². The van der Waals surface area contributed by atoms with Crippen molar-refractivity contribution in [2.75, 3.05) is 0 Å². The highest BCUT2D eigenvalue weighted by atomic mass is 35.5. The van der Waals surface area contributed by atoms with Crippen molar-refractivity contribution in [3.05, 3.63) is 69.6 Å². The average Bonchev–Trinajstić information content (AvgIpc) is 3.11. The van der Waals surface area contributed by atoms with Gasteiger partial charge >= 0.3 is 0 Å². The van der Waals surface area contributed by atoms with E-state index in [1.54, 1.807) is 11.3 Å². The van der Waals surface area contributed by atoms with E-state index in [4.69, 9.17) is 16.0 Å². The Morgan fingerprint density at radius 3 is 2.52 bits per heavy atom. The number of benzene rings is 1. The maximum atomic E-state index is 5.88. The topological polar surface area (TPSA) is 25.2 Å². The molecule has 110 valence electrons. The van der Waals surface area contributed by atoms with Gasteiger partial charge in [0.1, 0.15) is 11.5 Å². The standard InChI is InChI=1S/C16H14ClNOS.ClH/c17-13-5-3-12(4-6-13)16-8-7-14(19-16)10-18-11-15-2-1-9-20-15;/h1-9,18H,10-11H2;1H. The zero-order valence-electron chi connectivity index (χ0n) is 11.2. The van der Waals surface area contributed by atoms with Gasteiger partial charge in [-0.3, -0.25) is 0 Å². The smallest absolute Gasteiger partial charge is 0.134 e. The van der Waals surface area contributed by atoms with E-state index in [0.29, 0.717) is 0 Å². The second-order valence-electron chi connectivity index (χ2n) is 4.46. The van der Waals surface area contributed by atoms with Crippen LogP contribution in [-0.4, -0.2) is 0 Å². The van der Waals surface area contributed by atoms with Crippen molar-refractivity contribution in [1.29, 1.82) is 0 Å². The Morgan fingerprint density at radius 2 is 1.81 bits per heavy atom. The number of hydrogen-bond donors (Lipinski definition) is 1. The minimum Gasteiger partial charge on any atom is -0.460 e. The molecule has 2 nitrogen and oxygen atoms in total. The summed E-state index contributed by atoms with van der Waals surface area (Å²) in [4.78, 5) is 1.33. The van der Waals surface area contributed by atoms with E-state index in [2.05, 4.69) is 22.8 Å². The Bertz CT molecular complexity index is 662. The fourth-order valence-corrected chi connectivity index (χ4v) is 2.76. The van der Waals surface area contributed by atoms with E-state index in [1.165, 1.54) is 4.88 Å². The first-order chi connectivity index (χ1) is 9.81. The summed E-state index contributed by atoms with van der Waals surface area (Å²) in [5.41, 5.74) is 1.04. The monoisotopic (exact) mass is 339 g/mol. The average molecular weight is 340 g/mol. The number of rotatable bonds is 5. The maximum Gasteiger partial charge on any atom is 0.134 e. The molecule has 0 aliphatic heterocycles. The fraction of sp³-hybridized carbons (Fsp3) is 0.125. The molecule has 21 heavy (non-hydrogen) atoms. The number of hydrogen-bond acceptors (Lipinski definition) is 3. The van der Waals surface area contributed by atoms with Crippen LogP contribution in [0.5, 0.6) is 0 Å². The quantitative estimate of drug-likeness (QED) is 0.675. The van der Waals surface area contributed by atoms with Gasteiger partial charge in [0.15, 0.2) is 0 Å². The molecule has 5 heteroatoms. The molecule has 0 atom stereocenters. The van der Waals surface area contributed by atoms with Gasteiger partial charge in [-0.2, -0.15) is 0 Å². The van der Waals surface area contributed by atoms with Crippen molar-refractivity contribution in [1.82, 2.24) is 5.32 Å². The molecule has 0 saturated carbocycles. The van der Waals surface area contributed by atoms with E-state index in [0.717, 1.165) is 35.2 Å². The van der Waals surface area contributed by atoms with Crippen LogP contribution in [-0.2, 0) is 13.1 Å². The third-order valence-corrected chi connectivity index (χ3v) is 4.10. The lowest BCUT2D eigenvalue weighted by Crippen LogP contribution is -2.10. The summed E-state index contributed by atoms with van der Waals surface area (Å²) in [6, 6.07) is 15.8. The highest BCUT2D eigenvalue weighted by molar-refractivity contribution is 7.09. The molecule has 0 unspecified atom stereocenters. The van der Waals surface area contributed by atoms with E-state index >= 15 is 0 Å². The van der Waals surface area contributed by atoms with Crippen LogP contribution in [0.2, 0.25) is 5.02 Å². The summed E-state index contributed by atoms with van der Waals surface area (Å²) in [7, 11) is 0. The van der Waals surface area contributed by atoms with E-state index < -0.39 is 0 Å². The Morgan fingerprint density at radius 1 is 1.00 bits per heavy atom. The van der Waals surface area contributed by atoms with Gasteiger partial charge in [0, 0.05) is 22.0 Å². The SMILES string of the molecule is Cl.Clc1ccc(-c2ccc(CNCc3cccs3)o2)cc1. The summed E-state index contributed by atoms with van der Waals surface area (Å²) < 4.78 is 5.83. The molecule has 1 aromatic carbocycles. The van der Waals surface area contributed by atoms with E-state index in [1.807, 2.05) is 36.4 Å². The normalized spacial score (nSPS) is 10.3. The van der Waals surface area contributed by atoms with Crippen molar-refractivity contribution >= 4 is 35.3 Å². The molecule has 0 fully saturated rings. The molecule has 3 aromatic rings. The third kappa shape index (κ3) is 4.35. The van der Waals surface area contributed by atoms with Crippen LogP contribution in [0.3, 0.4) is 0 Å². The molecule has 2 aromatic heterocycles. The number of nitrogens with one attached hydrogen (secondary N) is 1. The Hall–Kier alpha value is -1.26. The van der Waals surface area contributed by atoms with E-state index in [9.17, 15) is 0 Å². The van der Waals surface area contributed by atoms with Gasteiger partial charge in [-0.05, 0) is 47.8 Å². The van der Waals surface area contributed by atoms with Gasteiger partial charge < -0.3 is 9.73 Å². The van der Waals surface area contributed by atoms with Crippen LogP contribution in [0.25, 0.3) is 11.3 Å². The highest BCUT2D eigenvalue weighted by Gasteiger charge is 2.04. The molecule has 0 aliphatic rings. The minimum absolute atomic E-state index is 0. The first-order valence-electron chi connectivity index (χ1n) is 6.39. The molecule has 3 rings (SSSR count). The van der Waals surface area contributed by atoms with Gasteiger partial charge in [0.25, 0.3) is 0 Å². The molecule has 0 amide bonds. The summed E-state index contributed by atoms with van der Waals surface area (Å²) in [6.45, 7) is 1.60. The van der Waals surface area contributed by atoms with Crippen LogP contribution in [0.1, 0.15) is 10.6 Å². The van der Waals surface area contributed by atoms with Gasteiger partial charge in [-0.1, -0.05) is 17.7 Å². The van der Waals surface area contributed by atoms with Crippen molar-refractivity contribution < 1.29 is 4.42 Å². The largest absolute Gasteiger partial charge is 0.460 e. The Kier molecular flexibility index (Phi) is 5.88. The second-order valence-corrected chi connectivity index (χ2v) is 5.92. The van der Waals surface area contributed by atoms with Crippen LogP contribution >= 0.6 is 35.3 Å². The summed E-state index contributed by atoms with van der Waals surface area (Å²) >= 11 is 7.64. The molecule has 1 N–H and O–H groups in total. The van der Waals surface area contributed by atoms with Crippen molar-refractivity contribution in [3.8, 4) is 11.3 Å². The van der Waals surface area contributed by atoms with Gasteiger partial charge in [-0.25, -0.2) is 0 Å². The number of furan rings is 1. The lowest BCUT2D eigenvalue weighted by atomic mass is 10.2. The molecule has 0 radical (unpaired) electrons. The van der Waals surface area contributed by atoms with Crippen LogP contribution in [0.4, 0.5) is 0 Å². The highest BCUT2D eigenvalue weighted by Crippen LogP contribution is 2.23. The van der Waals surface area contributed by atoms with Crippen molar-refractivity contribution in [2.24, 2.45) is 0 Å². The molecule has 0 saturated heterocycles. The Labute approximate surface area is 139 Å². The minimum atomic E-state index is 0. The zero-order chi connectivity index (χ0) is 13.8. The second kappa shape index (κ2) is 7.66. The van der Waals surface area contributed by atoms with Gasteiger partial charge in [0.05, 0.1) is 6.54 Å².